The second kappa shape index (κ2) is 8.84. The lowest BCUT2D eigenvalue weighted by molar-refractivity contribution is -0.300. The summed E-state index contributed by atoms with van der Waals surface area (Å²) in [5.74, 6) is -0.651. The molecule has 13 atom stereocenters. The molecule has 0 amide bonds. The Hall–Kier alpha value is -0.850. The first-order chi connectivity index (χ1) is 16.9. The predicted octanol–water partition coefficient (Wildman–Crippen LogP) is -0.563. The molecule has 1 heterocycles. The predicted molar refractivity (Wildman–Crippen MR) is 124 cm³/mol. The van der Waals surface area contributed by atoms with Gasteiger partial charge in [-0.3, -0.25) is 4.79 Å². The molecule has 0 aromatic rings. The third-order valence-electron chi connectivity index (χ3n) is 11.3. The summed E-state index contributed by atoms with van der Waals surface area (Å²) in [6.45, 7) is 3.01. The Bertz CT molecular complexity index is 868. The van der Waals surface area contributed by atoms with Crippen molar-refractivity contribution in [3.05, 3.63) is 0 Å². The van der Waals surface area contributed by atoms with Crippen LogP contribution in [0.5, 0.6) is 0 Å². The van der Waals surface area contributed by atoms with E-state index in [1.807, 2.05) is 0 Å². The highest BCUT2D eigenvalue weighted by Gasteiger charge is 2.70. The van der Waals surface area contributed by atoms with Crippen LogP contribution in [0.15, 0.2) is 0 Å². The maximum Gasteiger partial charge on any atom is 0.317 e. The first-order valence-electron chi connectivity index (χ1n) is 13.4. The van der Waals surface area contributed by atoms with E-state index in [1.54, 1.807) is 6.92 Å². The van der Waals surface area contributed by atoms with Crippen LogP contribution in [-0.4, -0.2) is 97.3 Å². The molecule has 0 aromatic heterocycles. The van der Waals surface area contributed by atoms with Crippen LogP contribution in [-0.2, 0) is 14.3 Å². The highest BCUT2D eigenvalue weighted by atomic mass is 16.7. The van der Waals surface area contributed by atoms with E-state index in [-0.39, 0.29) is 35.2 Å². The number of esters is 1. The molecule has 5 aliphatic rings. The SMILES string of the molecule is C[C@@]12CC[C@@H](O)[C@@](C)(C(=O)O[C@@H]3O[C@H](CO)[C@@H](O)[C@H](O)[C@H]3O)[C@H]1CC[C@@]13C[C@@H](CC[C@@H]12)[C@@](O)(CO)C3. The molecule has 1 aliphatic heterocycles. The molecule has 10 nitrogen and oxygen atoms in total. The van der Waals surface area contributed by atoms with Gasteiger partial charge in [-0.1, -0.05) is 6.92 Å². The summed E-state index contributed by atoms with van der Waals surface area (Å²) >= 11 is 0. The van der Waals surface area contributed by atoms with Gasteiger partial charge in [0.15, 0.2) is 0 Å². The van der Waals surface area contributed by atoms with Crippen molar-refractivity contribution in [2.75, 3.05) is 13.2 Å². The molecule has 2 bridgehead atoms. The number of rotatable bonds is 4. The number of carbonyl (C=O) groups excluding carboxylic acids is 1. The first kappa shape index (κ1) is 26.7. The fourth-order valence-electron chi connectivity index (χ4n) is 9.39. The van der Waals surface area contributed by atoms with Crippen molar-refractivity contribution < 1.29 is 50.0 Å². The molecule has 1 saturated heterocycles. The molecule has 1 spiro atoms. The minimum absolute atomic E-state index is 0.0793. The van der Waals surface area contributed by atoms with Crippen LogP contribution >= 0.6 is 0 Å². The minimum atomic E-state index is -1.71. The number of aliphatic hydroxyl groups excluding tert-OH is 6. The summed E-state index contributed by atoms with van der Waals surface area (Å²) in [6.07, 6.45) is -3.00. The van der Waals surface area contributed by atoms with E-state index < -0.39 is 60.4 Å². The van der Waals surface area contributed by atoms with Gasteiger partial charge < -0.3 is 45.2 Å². The van der Waals surface area contributed by atoms with E-state index in [0.29, 0.717) is 19.3 Å². The zero-order chi connectivity index (χ0) is 26.3. The summed E-state index contributed by atoms with van der Waals surface area (Å²) in [4.78, 5) is 13.7. The molecule has 206 valence electrons. The quantitative estimate of drug-likeness (QED) is 0.241. The molecule has 4 aliphatic carbocycles. The van der Waals surface area contributed by atoms with Crippen LogP contribution in [0.4, 0.5) is 0 Å². The topological polar surface area (TPSA) is 177 Å². The van der Waals surface area contributed by atoms with Crippen molar-refractivity contribution in [1.82, 2.24) is 0 Å². The van der Waals surface area contributed by atoms with Gasteiger partial charge in [0.25, 0.3) is 0 Å². The fourth-order valence-corrected chi connectivity index (χ4v) is 9.39. The second-order valence-corrected chi connectivity index (χ2v) is 12.9. The van der Waals surface area contributed by atoms with Gasteiger partial charge in [0.1, 0.15) is 24.4 Å². The lowest BCUT2D eigenvalue weighted by atomic mass is 9.40. The van der Waals surface area contributed by atoms with E-state index in [9.17, 15) is 40.5 Å². The third-order valence-corrected chi connectivity index (χ3v) is 11.3. The van der Waals surface area contributed by atoms with Crippen molar-refractivity contribution >= 4 is 5.97 Å². The number of ether oxygens (including phenoxy) is 2. The van der Waals surface area contributed by atoms with Crippen molar-refractivity contribution in [1.29, 1.82) is 0 Å². The third kappa shape index (κ3) is 3.56. The molecule has 0 aromatic carbocycles. The van der Waals surface area contributed by atoms with Crippen molar-refractivity contribution in [3.8, 4) is 0 Å². The van der Waals surface area contributed by atoms with Gasteiger partial charge in [-0.15, -0.1) is 0 Å². The van der Waals surface area contributed by atoms with E-state index in [0.717, 1.165) is 32.1 Å². The van der Waals surface area contributed by atoms with Gasteiger partial charge in [-0.05, 0) is 86.9 Å². The van der Waals surface area contributed by atoms with Crippen LogP contribution < -0.4 is 0 Å². The van der Waals surface area contributed by atoms with Gasteiger partial charge in [-0.2, -0.15) is 0 Å². The summed E-state index contributed by atoms with van der Waals surface area (Å²) in [5, 5.41) is 72.3. The fraction of sp³-hybridized carbons (Fsp3) is 0.962. The first-order valence-corrected chi connectivity index (χ1v) is 13.4. The van der Waals surface area contributed by atoms with Crippen LogP contribution in [0.2, 0.25) is 0 Å². The summed E-state index contributed by atoms with van der Waals surface area (Å²) in [6, 6.07) is 0. The average molecular weight is 515 g/mol. The Morgan fingerprint density at radius 2 is 1.67 bits per heavy atom. The van der Waals surface area contributed by atoms with E-state index in [1.165, 1.54) is 0 Å². The van der Waals surface area contributed by atoms with Gasteiger partial charge in [0, 0.05) is 0 Å². The lowest BCUT2D eigenvalue weighted by Gasteiger charge is -2.64. The number of hydrogen-bond donors (Lipinski definition) is 7. The minimum Gasteiger partial charge on any atom is -0.432 e. The molecule has 5 rings (SSSR count). The van der Waals surface area contributed by atoms with Gasteiger partial charge in [0.2, 0.25) is 6.29 Å². The maximum absolute atomic E-state index is 13.7. The van der Waals surface area contributed by atoms with Gasteiger partial charge >= 0.3 is 5.97 Å². The van der Waals surface area contributed by atoms with E-state index >= 15 is 0 Å². The Morgan fingerprint density at radius 3 is 2.33 bits per heavy atom. The Morgan fingerprint density at radius 1 is 0.944 bits per heavy atom. The summed E-state index contributed by atoms with van der Waals surface area (Å²) in [7, 11) is 0. The molecule has 36 heavy (non-hydrogen) atoms. The van der Waals surface area contributed by atoms with Crippen LogP contribution in [0, 0.1) is 34.0 Å². The molecule has 4 saturated carbocycles. The highest BCUT2D eigenvalue weighted by molar-refractivity contribution is 5.78. The van der Waals surface area contributed by atoms with Gasteiger partial charge in [0.05, 0.1) is 30.3 Å². The highest BCUT2D eigenvalue weighted by Crippen LogP contribution is 2.73. The molecule has 5 fully saturated rings. The summed E-state index contributed by atoms with van der Waals surface area (Å²) in [5.41, 5.74) is -2.75. The Labute approximate surface area is 211 Å². The second-order valence-electron chi connectivity index (χ2n) is 12.9. The number of hydrogen-bond acceptors (Lipinski definition) is 10. The average Bonchev–Trinajstić information content (AvgIpc) is 3.06. The number of carbonyl (C=O) groups is 1. The molecule has 0 radical (unpaired) electrons. The normalized spacial score (nSPS) is 56.5. The van der Waals surface area contributed by atoms with Crippen molar-refractivity contribution in [2.24, 2.45) is 34.0 Å². The van der Waals surface area contributed by atoms with Gasteiger partial charge in [-0.25, -0.2) is 0 Å². The number of aliphatic hydroxyl groups is 7. The molecule has 7 N–H and O–H groups in total. The largest absolute Gasteiger partial charge is 0.432 e. The van der Waals surface area contributed by atoms with Crippen LogP contribution in [0.1, 0.15) is 65.2 Å². The van der Waals surface area contributed by atoms with Crippen LogP contribution in [0.3, 0.4) is 0 Å². The van der Waals surface area contributed by atoms with Crippen LogP contribution in [0.25, 0.3) is 0 Å². The van der Waals surface area contributed by atoms with Crippen molar-refractivity contribution in [2.45, 2.75) is 108 Å². The standard InChI is InChI=1S/C26H42O10/c1-23-7-6-17(29)24(2,22(33)36-21-20(32)19(31)18(30)14(10-27)35-21)15(23)5-8-25-9-13(3-4-16(23)25)26(34,11-25)12-28/h13-21,27-32,34H,3-12H2,1-2H3/t13-,14-,15+,16-,17-,18-,19+,20-,21+,23-,24+,25+,26+/m1/s1. The number of fused-ring (bicyclic) bond motifs is 3. The molecule has 10 heteroatoms. The zero-order valence-electron chi connectivity index (χ0n) is 21.1. The van der Waals surface area contributed by atoms with E-state index in [2.05, 4.69) is 6.92 Å². The maximum atomic E-state index is 13.7. The smallest absolute Gasteiger partial charge is 0.317 e. The molecular formula is C26H42O10. The van der Waals surface area contributed by atoms with E-state index in [4.69, 9.17) is 9.47 Å². The molecular weight excluding hydrogens is 472 g/mol. The lowest BCUT2D eigenvalue weighted by Crippen LogP contribution is -2.64. The zero-order valence-corrected chi connectivity index (χ0v) is 21.1. The Balaban J connectivity index is 1.41. The monoisotopic (exact) mass is 514 g/mol. The molecule has 0 unspecified atom stereocenters. The Kier molecular flexibility index (Phi) is 6.57. The van der Waals surface area contributed by atoms with Crippen molar-refractivity contribution in [3.63, 3.8) is 0 Å². The summed E-state index contributed by atoms with van der Waals surface area (Å²) < 4.78 is 11.0.